The van der Waals surface area contributed by atoms with E-state index in [1.807, 2.05) is 0 Å². The lowest BCUT2D eigenvalue weighted by Crippen LogP contribution is -2.20. The van der Waals surface area contributed by atoms with Gasteiger partial charge in [-0.15, -0.1) is 0 Å². The van der Waals surface area contributed by atoms with Gasteiger partial charge in [0.15, 0.2) is 0 Å². The highest BCUT2D eigenvalue weighted by atomic mass is 35.5. The molecule has 3 rings (SSSR count). The summed E-state index contributed by atoms with van der Waals surface area (Å²) in [5.41, 5.74) is 0. The molecule has 0 aliphatic carbocycles. The van der Waals surface area contributed by atoms with Gasteiger partial charge in [0.25, 0.3) is 5.78 Å². The Kier molecular flexibility index (Phi) is 2.82. The van der Waals surface area contributed by atoms with Crippen molar-refractivity contribution < 1.29 is 4.74 Å². The Bertz CT molecular complexity index is 522. The molecule has 6 nitrogen and oxygen atoms in total. The van der Waals surface area contributed by atoms with Gasteiger partial charge in [-0.05, 0) is 12.8 Å². The third kappa shape index (κ3) is 2.18. The highest BCUT2D eigenvalue weighted by Crippen LogP contribution is 2.16. The molecule has 1 N–H and O–H groups in total. The standard InChI is InChI=1S/C10H12ClN5O/c11-8-4-9(12-5-7-2-1-3-17-7)16-10(15-8)13-6-14-16/h4,6-7,12H,1-3,5H2. The summed E-state index contributed by atoms with van der Waals surface area (Å²) >= 11 is 5.91. The lowest BCUT2D eigenvalue weighted by molar-refractivity contribution is 0.120. The number of hydrogen-bond donors (Lipinski definition) is 1. The van der Waals surface area contributed by atoms with E-state index < -0.39 is 0 Å². The zero-order valence-corrected chi connectivity index (χ0v) is 9.89. The number of halogens is 1. The van der Waals surface area contributed by atoms with Gasteiger partial charge < -0.3 is 10.1 Å². The van der Waals surface area contributed by atoms with Gasteiger partial charge in [-0.3, -0.25) is 0 Å². The van der Waals surface area contributed by atoms with E-state index in [0.717, 1.165) is 31.8 Å². The normalized spacial score (nSPS) is 19.9. The van der Waals surface area contributed by atoms with E-state index in [2.05, 4.69) is 20.4 Å². The third-order valence-corrected chi connectivity index (χ3v) is 2.95. The molecule has 0 radical (unpaired) electrons. The summed E-state index contributed by atoms with van der Waals surface area (Å²) in [7, 11) is 0. The second-order valence-corrected chi connectivity index (χ2v) is 4.34. The fraction of sp³-hybridized carbons (Fsp3) is 0.500. The minimum absolute atomic E-state index is 0.264. The van der Waals surface area contributed by atoms with Gasteiger partial charge in [0.1, 0.15) is 17.3 Å². The largest absolute Gasteiger partial charge is 0.376 e. The van der Waals surface area contributed by atoms with Crippen LogP contribution in [0.3, 0.4) is 0 Å². The Morgan fingerprint density at radius 3 is 3.35 bits per heavy atom. The van der Waals surface area contributed by atoms with Crippen molar-refractivity contribution in [3.63, 3.8) is 0 Å². The molecule has 0 spiro atoms. The van der Waals surface area contributed by atoms with Crippen LogP contribution in [-0.4, -0.2) is 38.8 Å². The van der Waals surface area contributed by atoms with E-state index >= 15 is 0 Å². The van der Waals surface area contributed by atoms with Crippen LogP contribution >= 0.6 is 11.6 Å². The number of hydrogen-bond acceptors (Lipinski definition) is 5. The van der Waals surface area contributed by atoms with Gasteiger partial charge in [-0.25, -0.2) is 0 Å². The molecule has 90 valence electrons. The quantitative estimate of drug-likeness (QED) is 0.837. The molecule has 1 fully saturated rings. The van der Waals surface area contributed by atoms with Gasteiger partial charge in [-0.2, -0.15) is 19.6 Å². The number of aromatic nitrogens is 4. The molecule has 2 aromatic rings. The molecule has 1 aliphatic rings. The summed E-state index contributed by atoms with van der Waals surface area (Å²) in [5, 5.41) is 7.76. The van der Waals surface area contributed by atoms with Crippen molar-refractivity contribution in [1.29, 1.82) is 0 Å². The number of rotatable bonds is 3. The summed E-state index contributed by atoms with van der Waals surface area (Å²) in [4.78, 5) is 8.06. The van der Waals surface area contributed by atoms with Crippen LogP contribution in [0.25, 0.3) is 5.78 Å². The van der Waals surface area contributed by atoms with Crippen LogP contribution in [0.2, 0.25) is 5.15 Å². The van der Waals surface area contributed by atoms with Crippen LogP contribution in [0.15, 0.2) is 12.4 Å². The van der Waals surface area contributed by atoms with Crippen LogP contribution < -0.4 is 5.32 Å². The van der Waals surface area contributed by atoms with E-state index in [4.69, 9.17) is 16.3 Å². The van der Waals surface area contributed by atoms with E-state index in [1.165, 1.54) is 6.33 Å². The number of nitrogens with zero attached hydrogens (tertiary/aromatic N) is 4. The van der Waals surface area contributed by atoms with Crippen molar-refractivity contribution >= 4 is 23.2 Å². The average Bonchev–Trinajstić information content (AvgIpc) is 2.95. The molecule has 3 heterocycles. The molecule has 0 bridgehead atoms. The van der Waals surface area contributed by atoms with Crippen molar-refractivity contribution in [3.05, 3.63) is 17.5 Å². The Labute approximate surface area is 103 Å². The van der Waals surface area contributed by atoms with Gasteiger partial charge >= 0.3 is 0 Å². The third-order valence-electron chi connectivity index (χ3n) is 2.76. The molecule has 1 saturated heterocycles. The van der Waals surface area contributed by atoms with Crippen LogP contribution in [0.1, 0.15) is 12.8 Å². The minimum atomic E-state index is 0.264. The molecule has 1 atom stereocenters. The first-order valence-electron chi connectivity index (χ1n) is 5.55. The maximum absolute atomic E-state index is 5.91. The predicted molar refractivity (Wildman–Crippen MR) is 63.3 cm³/mol. The number of ether oxygens (including phenoxy) is 1. The van der Waals surface area contributed by atoms with Crippen molar-refractivity contribution in [2.75, 3.05) is 18.5 Å². The Morgan fingerprint density at radius 2 is 2.53 bits per heavy atom. The summed E-state index contributed by atoms with van der Waals surface area (Å²) in [5.74, 6) is 1.28. The Morgan fingerprint density at radius 1 is 1.59 bits per heavy atom. The van der Waals surface area contributed by atoms with Crippen molar-refractivity contribution in [2.45, 2.75) is 18.9 Å². The first kappa shape index (κ1) is 10.7. The summed E-state index contributed by atoms with van der Waals surface area (Å²) in [6, 6.07) is 1.73. The lowest BCUT2D eigenvalue weighted by atomic mass is 10.2. The SMILES string of the molecule is Clc1cc(NCC2CCCO2)n2ncnc2n1. The van der Waals surface area contributed by atoms with Crippen molar-refractivity contribution in [2.24, 2.45) is 0 Å². The first-order valence-corrected chi connectivity index (χ1v) is 5.92. The lowest BCUT2D eigenvalue weighted by Gasteiger charge is -2.12. The van der Waals surface area contributed by atoms with Crippen LogP contribution in [-0.2, 0) is 4.74 Å². The molecule has 2 aromatic heterocycles. The second kappa shape index (κ2) is 4.46. The monoisotopic (exact) mass is 253 g/mol. The zero-order valence-electron chi connectivity index (χ0n) is 9.14. The fourth-order valence-electron chi connectivity index (χ4n) is 1.93. The maximum Gasteiger partial charge on any atom is 0.255 e. The highest BCUT2D eigenvalue weighted by molar-refractivity contribution is 6.29. The summed E-state index contributed by atoms with van der Waals surface area (Å²) in [6.45, 7) is 1.59. The van der Waals surface area contributed by atoms with Crippen LogP contribution in [0.5, 0.6) is 0 Å². The van der Waals surface area contributed by atoms with Crippen LogP contribution in [0, 0.1) is 0 Å². The van der Waals surface area contributed by atoms with Gasteiger partial charge in [0.05, 0.1) is 6.10 Å². The molecular weight excluding hydrogens is 242 g/mol. The van der Waals surface area contributed by atoms with E-state index in [1.54, 1.807) is 10.6 Å². The second-order valence-electron chi connectivity index (χ2n) is 3.95. The van der Waals surface area contributed by atoms with Crippen LogP contribution in [0.4, 0.5) is 5.82 Å². The van der Waals surface area contributed by atoms with E-state index in [9.17, 15) is 0 Å². The molecule has 0 aromatic carbocycles. The molecule has 7 heteroatoms. The molecule has 1 aliphatic heterocycles. The predicted octanol–water partition coefficient (Wildman–Crippen LogP) is 1.37. The number of fused-ring (bicyclic) bond motifs is 1. The maximum atomic E-state index is 5.91. The van der Waals surface area contributed by atoms with E-state index in [0.29, 0.717) is 10.9 Å². The Hall–Kier alpha value is -1.40. The smallest absolute Gasteiger partial charge is 0.255 e. The summed E-state index contributed by atoms with van der Waals surface area (Å²) in [6.07, 6.45) is 3.94. The molecule has 0 saturated carbocycles. The zero-order chi connectivity index (χ0) is 11.7. The van der Waals surface area contributed by atoms with Gasteiger partial charge in [-0.1, -0.05) is 11.6 Å². The molecule has 1 unspecified atom stereocenters. The number of anilines is 1. The highest BCUT2D eigenvalue weighted by Gasteiger charge is 2.16. The average molecular weight is 254 g/mol. The molecule has 17 heavy (non-hydrogen) atoms. The Balaban J connectivity index is 1.81. The first-order chi connectivity index (χ1) is 8.33. The summed E-state index contributed by atoms with van der Waals surface area (Å²) < 4.78 is 7.17. The van der Waals surface area contributed by atoms with Crippen molar-refractivity contribution in [3.8, 4) is 0 Å². The molecular formula is C10H12ClN5O. The molecule has 0 amide bonds. The topological polar surface area (TPSA) is 64.3 Å². The van der Waals surface area contributed by atoms with Crippen molar-refractivity contribution in [1.82, 2.24) is 19.6 Å². The number of nitrogens with one attached hydrogen (secondary N) is 1. The minimum Gasteiger partial charge on any atom is -0.376 e. The van der Waals surface area contributed by atoms with Gasteiger partial charge in [0, 0.05) is 19.2 Å². The fourth-order valence-corrected chi connectivity index (χ4v) is 2.11. The van der Waals surface area contributed by atoms with Gasteiger partial charge in [0.2, 0.25) is 0 Å². The van der Waals surface area contributed by atoms with E-state index in [-0.39, 0.29) is 6.10 Å².